The van der Waals surface area contributed by atoms with E-state index in [4.69, 9.17) is 4.74 Å². The van der Waals surface area contributed by atoms with Crippen LogP contribution in [0.3, 0.4) is 0 Å². The van der Waals surface area contributed by atoms with Crippen molar-refractivity contribution in [1.82, 2.24) is 5.32 Å². The maximum absolute atomic E-state index is 11.8. The Morgan fingerprint density at radius 3 is 2.47 bits per heavy atom. The molecule has 0 heterocycles. The Kier molecular flexibility index (Phi) is 7.53. The highest BCUT2D eigenvalue weighted by Gasteiger charge is 2.21. The molecular weight excluding hydrogens is 242 g/mol. The first-order valence-corrected chi connectivity index (χ1v) is 7.63. The summed E-state index contributed by atoms with van der Waals surface area (Å²) in [5.41, 5.74) is 0. The van der Waals surface area contributed by atoms with E-state index in [9.17, 15) is 9.59 Å². The van der Waals surface area contributed by atoms with Gasteiger partial charge in [0.15, 0.2) is 0 Å². The molecule has 19 heavy (non-hydrogen) atoms. The van der Waals surface area contributed by atoms with E-state index in [2.05, 4.69) is 5.32 Å². The molecule has 0 aliphatic heterocycles. The summed E-state index contributed by atoms with van der Waals surface area (Å²) >= 11 is 0. The zero-order valence-corrected chi connectivity index (χ0v) is 12.2. The third-order valence-electron chi connectivity index (χ3n) is 3.82. The average molecular weight is 269 g/mol. The third kappa shape index (κ3) is 6.08. The molecule has 1 unspecified atom stereocenters. The van der Waals surface area contributed by atoms with Gasteiger partial charge in [-0.15, -0.1) is 0 Å². The molecule has 0 saturated heterocycles. The van der Waals surface area contributed by atoms with Crippen molar-refractivity contribution in [2.24, 2.45) is 5.92 Å². The highest BCUT2D eigenvalue weighted by atomic mass is 16.5. The summed E-state index contributed by atoms with van der Waals surface area (Å²) in [4.78, 5) is 23.4. The van der Waals surface area contributed by atoms with Crippen LogP contribution in [0.5, 0.6) is 0 Å². The number of esters is 1. The minimum absolute atomic E-state index is 0.0227. The SMILES string of the molecule is CCOC(=O)C(CC)NC(=O)CCC1CCCCC1. The molecule has 0 spiro atoms. The van der Waals surface area contributed by atoms with Gasteiger partial charge in [0.05, 0.1) is 6.61 Å². The minimum atomic E-state index is -0.487. The molecule has 1 rings (SSSR count). The number of nitrogens with one attached hydrogen (secondary N) is 1. The lowest BCUT2D eigenvalue weighted by Crippen LogP contribution is -2.41. The van der Waals surface area contributed by atoms with E-state index in [0.29, 0.717) is 25.4 Å². The molecule has 1 N–H and O–H groups in total. The maximum atomic E-state index is 11.8. The largest absolute Gasteiger partial charge is 0.464 e. The van der Waals surface area contributed by atoms with Crippen LogP contribution in [0.1, 0.15) is 65.2 Å². The van der Waals surface area contributed by atoms with Crippen LogP contribution in [0, 0.1) is 5.92 Å². The van der Waals surface area contributed by atoms with Gasteiger partial charge in [-0.3, -0.25) is 4.79 Å². The molecule has 1 aliphatic carbocycles. The van der Waals surface area contributed by atoms with Gasteiger partial charge in [0.1, 0.15) is 6.04 Å². The number of carbonyl (C=O) groups is 2. The van der Waals surface area contributed by atoms with Gasteiger partial charge in [0.25, 0.3) is 0 Å². The zero-order valence-electron chi connectivity index (χ0n) is 12.2. The first-order valence-electron chi connectivity index (χ1n) is 7.63. The number of ether oxygens (including phenoxy) is 1. The summed E-state index contributed by atoms with van der Waals surface area (Å²) in [6.07, 6.45) is 8.49. The fourth-order valence-corrected chi connectivity index (χ4v) is 2.65. The molecule has 1 amide bonds. The molecule has 1 atom stereocenters. The number of hydrogen-bond acceptors (Lipinski definition) is 3. The van der Waals surface area contributed by atoms with Gasteiger partial charge in [-0.05, 0) is 25.7 Å². The maximum Gasteiger partial charge on any atom is 0.328 e. The Hall–Kier alpha value is -1.06. The lowest BCUT2D eigenvalue weighted by Gasteiger charge is -2.21. The molecule has 0 aromatic carbocycles. The van der Waals surface area contributed by atoms with Crippen molar-refractivity contribution < 1.29 is 14.3 Å². The van der Waals surface area contributed by atoms with Gasteiger partial charge in [-0.25, -0.2) is 4.79 Å². The second-order valence-corrected chi connectivity index (χ2v) is 5.32. The number of rotatable bonds is 7. The number of carbonyl (C=O) groups excluding carboxylic acids is 2. The van der Waals surface area contributed by atoms with E-state index >= 15 is 0 Å². The van der Waals surface area contributed by atoms with Crippen molar-refractivity contribution >= 4 is 11.9 Å². The Labute approximate surface area is 116 Å². The van der Waals surface area contributed by atoms with Gasteiger partial charge in [0, 0.05) is 6.42 Å². The highest BCUT2D eigenvalue weighted by Crippen LogP contribution is 2.27. The average Bonchev–Trinajstić information content (AvgIpc) is 2.44. The van der Waals surface area contributed by atoms with Crippen molar-refractivity contribution in [1.29, 1.82) is 0 Å². The van der Waals surface area contributed by atoms with Crippen molar-refractivity contribution in [3.05, 3.63) is 0 Å². The monoisotopic (exact) mass is 269 g/mol. The normalized spacial score (nSPS) is 17.8. The highest BCUT2D eigenvalue weighted by molar-refractivity contribution is 5.84. The summed E-state index contributed by atoms with van der Waals surface area (Å²) in [7, 11) is 0. The number of amides is 1. The van der Waals surface area contributed by atoms with Crippen LogP contribution >= 0.6 is 0 Å². The van der Waals surface area contributed by atoms with E-state index in [1.165, 1.54) is 32.1 Å². The summed E-state index contributed by atoms with van der Waals surface area (Å²) in [5, 5.41) is 2.78. The topological polar surface area (TPSA) is 55.4 Å². The van der Waals surface area contributed by atoms with Crippen molar-refractivity contribution in [3.63, 3.8) is 0 Å². The molecule has 1 aliphatic rings. The van der Waals surface area contributed by atoms with Crippen LogP contribution in [-0.2, 0) is 14.3 Å². The smallest absolute Gasteiger partial charge is 0.328 e. The minimum Gasteiger partial charge on any atom is -0.464 e. The lowest BCUT2D eigenvalue weighted by molar-refractivity contribution is -0.147. The van der Waals surface area contributed by atoms with Gasteiger partial charge in [-0.1, -0.05) is 39.0 Å². The predicted molar refractivity (Wildman–Crippen MR) is 74.7 cm³/mol. The van der Waals surface area contributed by atoms with Crippen molar-refractivity contribution in [2.45, 2.75) is 71.3 Å². The second kappa shape index (κ2) is 8.94. The van der Waals surface area contributed by atoms with E-state index < -0.39 is 6.04 Å². The first-order chi connectivity index (χ1) is 9.17. The number of hydrogen-bond donors (Lipinski definition) is 1. The quantitative estimate of drug-likeness (QED) is 0.723. The van der Waals surface area contributed by atoms with Crippen LogP contribution in [0.2, 0.25) is 0 Å². The molecular formula is C15H27NO3. The van der Waals surface area contributed by atoms with E-state index in [1.807, 2.05) is 6.92 Å². The molecule has 0 bridgehead atoms. The van der Waals surface area contributed by atoms with Crippen molar-refractivity contribution in [3.8, 4) is 0 Å². The molecule has 0 radical (unpaired) electrons. The van der Waals surface area contributed by atoms with Gasteiger partial charge >= 0.3 is 5.97 Å². The first kappa shape index (κ1) is 16.0. The fourth-order valence-electron chi connectivity index (χ4n) is 2.65. The Bertz CT molecular complexity index is 285. The van der Waals surface area contributed by atoms with E-state index in [1.54, 1.807) is 6.92 Å². The van der Waals surface area contributed by atoms with Gasteiger partial charge < -0.3 is 10.1 Å². The zero-order chi connectivity index (χ0) is 14.1. The van der Waals surface area contributed by atoms with Gasteiger partial charge in [-0.2, -0.15) is 0 Å². The predicted octanol–water partition coefficient (Wildman–Crippen LogP) is 2.80. The van der Waals surface area contributed by atoms with Gasteiger partial charge in [0.2, 0.25) is 5.91 Å². The molecule has 1 fully saturated rings. The molecule has 0 aromatic rings. The fraction of sp³-hybridized carbons (Fsp3) is 0.867. The molecule has 4 heteroatoms. The summed E-state index contributed by atoms with van der Waals surface area (Å²) < 4.78 is 4.94. The lowest BCUT2D eigenvalue weighted by atomic mass is 9.86. The van der Waals surface area contributed by atoms with Crippen LogP contribution in [0.4, 0.5) is 0 Å². The van der Waals surface area contributed by atoms with Crippen LogP contribution < -0.4 is 5.32 Å². The third-order valence-corrected chi connectivity index (χ3v) is 3.82. The van der Waals surface area contributed by atoms with Crippen LogP contribution in [-0.4, -0.2) is 24.5 Å². The Morgan fingerprint density at radius 2 is 1.89 bits per heavy atom. The standard InChI is InChI=1S/C15H27NO3/c1-3-13(15(18)19-4-2)16-14(17)11-10-12-8-6-5-7-9-12/h12-13H,3-11H2,1-2H3,(H,16,17). The van der Waals surface area contributed by atoms with Crippen molar-refractivity contribution in [2.75, 3.05) is 6.61 Å². The summed E-state index contributed by atoms with van der Waals surface area (Å²) in [6.45, 7) is 4.01. The Morgan fingerprint density at radius 1 is 1.21 bits per heavy atom. The molecule has 110 valence electrons. The van der Waals surface area contributed by atoms with E-state index in [0.717, 1.165) is 6.42 Å². The van der Waals surface area contributed by atoms with Crippen LogP contribution in [0.25, 0.3) is 0 Å². The molecule has 0 aromatic heterocycles. The Balaban J connectivity index is 2.26. The summed E-state index contributed by atoms with van der Waals surface area (Å²) in [6, 6.07) is -0.487. The van der Waals surface area contributed by atoms with E-state index in [-0.39, 0.29) is 11.9 Å². The summed E-state index contributed by atoms with van der Waals surface area (Å²) in [5.74, 6) is 0.351. The molecule has 1 saturated carbocycles. The second-order valence-electron chi connectivity index (χ2n) is 5.32. The van der Waals surface area contributed by atoms with Crippen LogP contribution in [0.15, 0.2) is 0 Å². The molecule has 4 nitrogen and oxygen atoms in total.